The van der Waals surface area contributed by atoms with Crippen LogP contribution in [0.1, 0.15) is 6.92 Å². The van der Waals surface area contributed by atoms with Crippen molar-refractivity contribution in [1.29, 1.82) is 0 Å². The van der Waals surface area contributed by atoms with Gasteiger partial charge in [-0.05, 0) is 39.7 Å². The lowest BCUT2D eigenvalue weighted by Crippen LogP contribution is -2.22. The normalized spacial score (nSPS) is 11.6. The summed E-state index contributed by atoms with van der Waals surface area (Å²) in [5.41, 5.74) is 0. The third kappa shape index (κ3) is 3.26. The molecule has 0 radical (unpaired) electrons. The molecule has 0 amide bonds. The molecule has 0 heterocycles. The predicted molar refractivity (Wildman–Crippen MR) is 73.8 cm³/mol. The van der Waals surface area contributed by atoms with E-state index < -0.39 is 12.1 Å². The highest BCUT2D eigenvalue weighted by molar-refractivity contribution is 6.92. The van der Waals surface area contributed by atoms with Gasteiger partial charge in [-0.3, -0.25) is 0 Å². The Morgan fingerprint density at radius 2 is 1.82 bits per heavy atom. The van der Waals surface area contributed by atoms with Gasteiger partial charge in [0.1, 0.15) is 11.9 Å². The van der Waals surface area contributed by atoms with E-state index in [1.807, 2.05) is 30.3 Å². The second-order valence-corrected chi connectivity index (χ2v) is 3.61. The topological polar surface area (TPSA) is 46.5 Å². The van der Waals surface area contributed by atoms with Gasteiger partial charge in [0.25, 0.3) is 0 Å². The van der Waals surface area contributed by atoms with Gasteiger partial charge in [-0.2, -0.15) is 0 Å². The highest BCUT2D eigenvalue weighted by Crippen LogP contribution is 2.20. The molecule has 17 heavy (non-hydrogen) atoms. The summed E-state index contributed by atoms with van der Waals surface area (Å²) >= 11 is 0. The van der Waals surface area contributed by atoms with Crippen LogP contribution in [0.5, 0.6) is 5.75 Å². The minimum absolute atomic E-state index is 0. The third-order valence-electron chi connectivity index (χ3n) is 2.28. The molecule has 0 fully saturated rings. The van der Waals surface area contributed by atoms with Crippen LogP contribution in [0.4, 0.5) is 0 Å². The largest absolute Gasteiger partial charge is 0.425 e. The highest BCUT2D eigenvalue weighted by atomic mass is 31.0. The summed E-state index contributed by atoms with van der Waals surface area (Å²) < 4.78 is 4.99. The standard InChI is InChI=1S/C13H12O3.H3P/c1-9(14)13(15)16-12-7-6-10-4-2-3-5-11(10)8-12;/h2-9,14H,1H3;1H3/p+1. The minimum Gasteiger partial charge on any atom is -0.425 e. The van der Waals surface area contributed by atoms with E-state index >= 15 is 0 Å². The van der Waals surface area contributed by atoms with Crippen molar-refractivity contribution < 1.29 is 14.6 Å². The van der Waals surface area contributed by atoms with Crippen LogP contribution in [0.15, 0.2) is 42.5 Å². The van der Waals surface area contributed by atoms with Gasteiger partial charge in [-0.25, -0.2) is 4.79 Å². The fourth-order valence-corrected chi connectivity index (χ4v) is 1.43. The van der Waals surface area contributed by atoms with Crippen LogP contribution < -0.4 is 4.74 Å². The Hall–Kier alpha value is -1.44. The lowest BCUT2D eigenvalue weighted by molar-refractivity contribution is -0.142. The summed E-state index contributed by atoms with van der Waals surface area (Å²) in [5.74, 6) is -0.195. The monoisotopic (exact) mass is 251 g/mol. The number of esters is 1. The highest BCUT2D eigenvalue weighted by Gasteiger charge is 2.11. The molecular weight excluding hydrogens is 235 g/mol. The summed E-state index contributed by atoms with van der Waals surface area (Å²) in [7, 11) is 0. The van der Waals surface area contributed by atoms with Crippen molar-refractivity contribution >= 4 is 26.6 Å². The van der Waals surface area contributed by atoms with E-state index in [4.69, 9.17) is 9.84 Å². The molecule has 0 aliphatic rings. The quantitative estimate of drug-likeness (QED) is 0.504. The van der Waals surface area contributed by atoms with Crippen LogP contribution in [0, 0.1) is 0 Å². The summed E-state index contributed by atoms with van der Waals surface area (Å²) in [4.78, 5) is 11.2. The van der Waals surface area contributed by atoms with Gasteiger partial charge in [-0.1, -0.05) is 30.3 Å². The van der Waals surface area contributed by atoms with Crippen molar-refractivity contribution in [2.75, 3.05) is 0 Å². The Kier molecular flexibility index (Phi) is 4.62. The zero-order valence-electron chi connectivity index (χ0n) is 9.88. The number of carbonyl (C=O) groups is 1. The number of rotatable bonds is 2. The van der Waals surface area contributed by atoms with Crippen molar-refractivity contribution in [2.24, 2.45) is 0 Å². The fraction of sp³-hybridized carbons (Fsp3) is 0.154. The summed E-state index contributed by atoms with van der Waals surface area (Å²) in [5, 5.41) is 11.1. The fourth-order valence-electron chi connectivity index (χ4n) is 1.43. The Morgan fingerprint density at radius 1 is 1.18 bits per heavy atom. The number of aliphatic hydroxyl groups excluding tert-OH is 1. The number of ether oxygens (including phenoxy) is 1. The Balaban J connectivity index is 0.00000144. The molecule has 0 saturated heterocycles. The van der Waals surface area contributed by atoms with Crippen molar-refractivity contribution in [3.05, 3.63) is 42.5 Å². The average Bonchev–Trinajstić information content (AvgIpc) is 2.28. The number of aliphatic hydroxyl groups is 1. The molecule has 0 aromatic heterocycles. The van der Waals surface area contributed by atoms with Crippen molar-refractivity contribution in [3.8, 4) is 5.75 Å². The molecule has 2 unspecified atom stereocenters. The average molecular weight is 251 g/mol. The van der Waals surface area contributed by atoms with Crippen LogP contribution in [0.2, 0.25) is 0 Å². The van der Waals surface area contributed by atoms with E-state index in [2.05, 4.69) is 0 Å². The van der Waals surface area contributed by atoms with Crippen molar-refractivity contribution in [2.45, 2.75) is 13.0 Å². The molecule has 0 spiro atoms. The first-order valence-corrected chi connectivity index (χ1v) is 5.05. The van der Waals surface area contributed by atoms with E-state index in [0.29, 0.717) is 5.75 Å². The van der Waals surface area contributed by atoms with Crippen LogP contribution in [0.25, 0.3) is 10.8 Å². The lowest BCUT2D eigenvalue weighted by atomic mass is 10.1. The first-order valence-electron chi connectivity index (χ1n) is 5.05. The summed E-state index contributed by atoms with van der Waals surface area (Å²) in [6.45, 7) is 1.38. The number of hydrogen-bond acceptors (Lipinski definition) is 3. The molecule has 1 N–H and O–H groups in total. The molecule has 2 aromatic carbocycles. The van der Waals surface area contributed by atoms with Crippen molar-refractivity contribution in [1.82, 2.24) is 0 Å². The summed E-state index contributed by atoms with van der Waals surface area (Å²) in [6.07, 6.45) is -1.11. The minimum atomic E-state index is -1.11. The lowest BCUT2D eigenvalue weighted by Gasteiger charge is -2.06. The third-order valence-corrected chi connectivity index (χ3v) is 2.28. The number of carbonyl (C=O) groups excluding carboxylic acids is 1. The number of hydrogen-bond donors (Lipinski definition) is 1. The predicted octanol–water partition coefficient (Wildman–Crippen LogP) is 1.92. The van der Waals surface area contributed by atoms with Crippen LogP contribution in [-0.4, -0.2) is 17.2 Å². The Labute approximate surface area is 103 Å². The zero-order chi connectivity index (χ0) is 11.5. The van der Waals surface area contributed by atoms with Gasteiger partial charge in [0, 0.05) is 0 Å². The number of fused-ring (bicyclic) bond motifs is 1. The first-order chi connectivity index (χ1) is 7.66. The van der Waals surface area contributed by atoms with Crippen LogP contribution >= 0.6 is 9.90 Å². The maximum absolute atomic E-state index is 11.2. The Bertz CT molecular complexity index is 523. The van der Waals surface area contributed by atoms with Gasteiger partial charge in [0.05, 0.1) is 0 Å². The molecular formula is C13H16O3P+. The number of benzene rings is 2. The Morgan fingerprint density at radius 3 is 2.47 bits per heavy atom. The van der Waals surface area contributed by atoms with Gasteiger partial charge in [0.2, 0.25) is 0 Å². The second kappa shape index (κ2) is 5.76. The van der Waals surface area contributed by atoms with Crippen LogP contribution in [-0.2, 0) is 4.79 Å². The van der Waals surface area contributed by atoms with E-state index in [1.165, 1.54) is 6.92 Å². The SMILES string of the molecule is CC(O)C(=O)Oc1ccc2ccccc2c1.[PH4+]. The molecule has 0 bridgehead atoms. The molecule has 0 aliphatic heterocycles. The van der Waals surface area contributed by atoms with Gasteiger partial charge >= 0.3 is 5.97 Å². The van der Waals surface area contributed by atoms with E-state index in [-0.39, 0.29) is 9.90 Å². The smallest absolute Gasteiger partial charge is 0.340 e. The molecule has 90 valence electrons. The van der Waals surface area contributed by atoms with Crippen LogP contribution in [0.3, 0.4) is 0 Å². The maximum atomic E-state index is 11.2. The van der Waals surface area contributed by atoms with E-state index in [9.17, 15) is 4.79 Å². The molecule has 0 aliphatic carbocycles. The molecule has 2 atom stereocenters. The molecule has 4 heteroatoms. The molecule has 2 aromatic rings. The maximum Gasteiger partial charge on any atom is 0.340 e. The van der Waals surface area contributed by atoms with Gasteiger partial charge < -0.3 is 9.84 Å². The van der Waals surface area contributed by atoms with Gasteiger partial charge in [-0.15, -0.1) is 0 Å². The first kappa shape index (κ1) is 13.6. The van der Waals surface area contributed by atoms with Gasteiger partial charge in [0.15, 0.2) is 0 Å². The summed E-state index contributed by atoms with van der Waals surface area (Å²) in [6, 6.07) is 13.1. The van der Waals surface area contributed by atoms with E-state index in [1.54, 1.807) is 12.1 Å². The molecule has 0 saturated carbocycles. The second-order valence-electron chi connectivity index (χ2n) is 3.61. The zero-order valence-corrected chi connectivity index (χ0v) is 11.9. The van der Waals surface area contributed by atoms with E-state index in [0.717, 1.165) is 10.8 Å². The van der Waals surface area contributed by atoms with Crippen molar-refractivity contribution in [3.63, 3.8) is 0 Å². The molecule has 3 nitrogen and oxygen atoms in total. The molecule has 2 rings (SSSR count).